The number of halogens is 1. The highest BCUT2D eigenvalue weighted by Gasteiger charge is 2.21. The molecule has 1 aromatic carbocycles. The maximum atomic E-state index is 6.17. The van der Waals surface area contributed by atoms with Gasteiger partial charge in [0, 0.05) is 50.8 Å². The third-order valence-corrected chi connectivity index (χ3v) is 5.91. The van der Waals surface area contributed by atoms with Gasteiger partial charge in [-0.3, -0.25) is 4.90 Å². The molecular formula is C25H43IN4O3. The molecule has 2 heterocycles. The van der Waals surface area contributed by atoms with Crippen LogP contribution in [0.3, 0.4) is 0 Å². The lowest BCUT2D eigenvalue weighted by atomic mass is 10.1. The van der Waals surface area contributed by atoms with E-state index in [0.29, 0.717) is 31.3 Å². The summed E-state index contributed by atoms with van der Waals surface area (Å²) in [5, 5.41) is 6.85. The van der Waals surface area contributed by atoms with E-state index in [1.807, 2.05) is 0 Å². The number of benzene rings is 1. The standard InChI is InChI=1S/C25H42N4O3.HI/c1-5-26-25(27-10-6-11-29-15-20(3)32-21(4)16-29)28-14-23-8-7-19(2)13-24(23)31-18-22-9-12-30-17-22;/h7-8,13,20-22H,5-6,9-12,14-18H2,1-4H3,(H2,26,27,28);1H. The van der Waals surface area contributed by atoms with E-state index in [9.17, 15) is 0 Å². The lowest BCUT2D eigenvalue weighted by molar-refractivity contribution is -0.0679. The number of aryl methyl sites for hydroxylation is 1. The molecule has 2 aliphatic rings. The Morgan fingerprint density at radius 2 is 2.00 bits per heavy atom. The second kappa shape index (κ2) is 15.0. The number of ether oxygens (including phenoxy) is 3. The Labute approximate surface area is 217 Å². The fourth-order valence-electron chi connectivity index (χ4n) is 4.33. The van der Waals surface area contributed by atoms with Crippen LogP contribution < -0.4 is 15.4 Å². The number of hydrogen-bond acceptors (Lipinski definition) is 5. The summed E-state index contributed by atoms with van der Waals surface area (Å²) in [6.07, 6.45) is 2.79. The van der Waals surface area contributed by atoms with Crippen LogP contribution >= 0.6 is 24.0 Å². The highest BCUT2D eigenvalue weighted by Crippen LogP contribution is 2.23. The molecule has 7 nitrogen and oxygen atoms in total. The molecule has 0 amide bonds. The molecule has 188 valence electrons. The van der Waals surface area contributed by atoms with Gasteiger partial charge in [-0.05, 0) is 52.2 Å². The first-order valence-corrected chi connectivity index (χ1v) is 12.2. The second-order valence-corrected chi connectivity index (χ2v) is 9.14. The van der Waals surface area contributed by atoms with Gasteiger partial charge in [0.05, 0.1) is 32.0 Å². The SMILES string of the molecule is CCNC(=NCc1ccc(C)cc1OCC1CCOC1)NCCCN1CC(C)OC(C)C1.I. The van der Waals surface area contributed by atoms with Gasteiger partial charge < -0.3 is 24.8 Å². The molecule has 8 heteroatoms. The zero-order valence-corrected chi connectivity index (χ0v) is 23.1. The molecule has 2 aliphatic heterocycles. The van der Waals surface area contributed by atoms with Gasteiger partial charge in [-0.15, -0.1) is 24.0 Å². The number of nitrogens with zero attached hydrogens (tertiary/aromatic N) is 2. The molecule has 0 saturated carbocycles. The zero-order valence-electron chi connectivity index (χ0n) is 20.8. The lowest BCUT2D eigenvalue weighted by Gasteiger charge is -2.35. The molecule has 0 spiro atoms. The molecule has 3 rings (SSSR count). The molecule has 2 saturated heterocycles. The number of hydrogen-bond donors (Lipinski definition) is 2. The van der Waals surface area contributed by atoms with Crippen LogP contribution in [0.25, 0.3) is 0 Å². The predicted molar refractivity (Wildman–Crippen MR) is 145 cm³/mol. The van der Waals surface area contributed by atoms with Crippen LogP contribution in [0.1, 0.15) is 44.7 Å². The highest BCUT2D eigenvalue weighted by atomic mass is 127. The third kappa shape index (κ3) is 9.96. The number of rotatable bonds is 10. The average molecular weight is 575 g/mol. The minimum absolute atomic E-state index is 0. The Kier molecular flexibility index (Phi) is 12.8. The molecule has 3 unspecified atom stereocenters. The summed E-state index contributed by atoms with van der Waals surface area (Å²) < 4.78 is 17.5. The maximum Gasteiger partial charge on any atom is 0.191 e. The smallest absolute Gasteiger partial charge is 0.191 e. The van der Waals surface area contributed by atoms with E-state index in [2.05, 4.69) is 61.4 Å². The van der Waals surface area contributed by atoms with E-state index < -0.39 is 0 Å². The van der Waals surface area contributed by atoms with Crippen molar-refractivity contribution in [1.29, 1.82) is 0 Å². The molecule has 3 atom stereocenters. The van der Waals surface area contributed by atoms with Crippen molar-refractivity contribution >= 4 is 29.9 Å². The van der Waals surface area contributed by atoms with E-state index in [1.54, 1.807) is 0 Å². The zero-order chi connectivity index (χ0) is 22.8. The molecule has 0 aliphatic carbocycles. The minimum atomic E-state index is 0. The molecular weight excluding hydrogens is 531 g/mol. The maximum absolute atomic E-state index is 6.17. The van der Waals surface area contributed by atoms with Crippen molar-refractivity contribution in [2.75, 3.05) is 52.5 Å². The summed E-state index contributed by atoms with van der Waals surface area (Å²) in [5.41, 5.74) is 2.31. The van der Waals surface area contributed by atoms with Crippen LogP contribution in [0.5, 0.6) is 5.75 Å². The number of morpholine rings is 1. The first-order chi connectivity index (χ1) is 15.5. The van der Waals surface area contributed by atoms with E-state index in [1.165, 1.54) is 5.56 Å². The van der Waals surface area contributed by atoms with Gasteiger partial charge in [-0.25, -0.2) is 4.99 Å². The van der Waals surface area contributed by atoms with Crippen LogP contribution in [-0.4, -0.2) is 75.6 Å². The first-order valence-electron chi connectivity index (χ1n) is 12.2. The van der Waals surface area contributed by atoms with Crippen molar-refractivity contribution in [2.24, 2.45) is 10.9 Å². The predicted octanol–water partition coefficient (Wildman–Crippen LogP) is 3.58. The molecule has 0 aromatic heterocycles. The van der Waals surface area contributed by atoms with Gasteiger partial charge in [-0.1, -0.05) is 12.1 Å². The molecule has 2 N–H and O–H groups in total. The van der Waals surface area contributed by atoms with Crippen molar-refractivity contribution in [3.63, 3.8) is 0 Å². The lowest BCUT2D eigenvalue weighted by Crippen LogP contribution is -2.46. The first kappa shape index (κ1) is 28.1. The van der Waals surface area contributed by atoms with Crippen molar-refractivity contribution in [3.8, 4) is 5.75 Å². The van der Waals surface area contributed by atoms with E-state index >= 15 is 0 Å². The molecule has 0 radical (unpaired) electrons. The monoisotopic (exact) mass is 574 g/mol. The van der Waals surface area contributed by atoms with E-state index in [4.69, 9.17) is 19.2 Å². The van der Waals surface area contributed by atoms with E-state index in [0.717, 1.165) is 76.1 Å². The molecule has 33 heavy (non-hydrogen) atoms. The summed E-state index contributed by atoms with van der Waals surface area (Å²) in [6.45, 7) is 16.3. The largest absolute Gasteiger partial charge is 0.493 e. The van der Waals surface area contributed by atoms with Crippen LogP contribution in [0.4, 0.5) is 0 Å². The number of nitrogens with one attached hydrogen (secondary N) is 2. The summed E-state index contributed by atoms with van der Waals surface area (Å²) in [4.78, 5) is 7.31. The number of guanidine groups is 1. The fourth-order valence-corrected chi connectivity index (χ4v) is 4.33. The van der Waals surface area contributed by atoms with Gasteiger partial charge in [0.2, 0.25) is 0 Å². The summed E-state index contributed by atoms with van der Waals surface area (Å²) >= 11 is 0. The molecule has 2 fully saturated rings. The van der Waals surface area contributed by atoms with Gasteiger partial charge >= 0.3 is 0 Å². The van der Waals surface area contributed by atoms with Crippen molar-refractivity contribution in [2.45, 2.75) is 59.3 Å². The van der Waals surface area contributed by atoms with Crippen LogP contribution in [0, 0.1) is 12.8 Å². The minimum Gasteiger partial charge on any atom is -0.493 e. The topological polar surface area (TPSA) is 67.4 Å². The number of aliphatic imine (C=N–C) groups is 1. The highest BCUT2D eigenvalue weighted by molar-refractivity contribution is 14.0. The molecule has 1 aromatic rings. The van der Waals surface area contributed by atoms with Gasteiger partial charge in [-0.2, -0.15) is 0 Å². The Balaban J connectivity index is 0.00000385. The van der Waals surface area contributed by atoms with Gasteiger partial charge in [0.25, 0.3) is 0 Å². The van der Waals surface area contributed by atoms with Gasteiger partial charge in [0.15, 0.2) is 5.96 Å². The van der Waals surface area contributed by atoms with Crippen molar-refractivity contribution in [1.82, 2.24) is 15.5 Å². The second-order valence-electron chi connectivity index (χ2n) is 9.14. The van der Waals surface area contributed by atoms with Gasteiger partial charge in [0.1, 0.15) is 5.75 Å². The Morgan fingerprint density at radius 1 is 1.21 bits per heavy atom. The summed E-state index contributed by atoms with van der Waals surface area (Å²) in [7, 11) is 0. The average Bonchev–Trinajstić information content (AvgIpc) is 3.27. The normalized spacial score (nSPS) is 23.8. The Bertz CT molecular complexity index is 718. The third-order valence-electron chi connectivity index (χ3n) is 5.91. The fraction of sp³-hybridized carbons (Fsp3) is 0.720. The van der Waals surface area contributed by atoms with E-state index in [-0.39, 0.29) is 24.0 Å². The van der Waals surface area contributed by atoms with Crippen LogP contribution in [0.15, 0.2) is 23.2 Å². The Morgan fingerprint density at radius 3 is 2.70 bits per heavy atom. The van der Waals surface area contributed by atoms with Crippen molar-refractivity contribution in [3.05, 3.63) is 29.3 Å². The summed E-state index contributed by atoms with van der Waals surface area (Å²) in [5.74, 6) is 2.28. The van der Waals surface area contributed by atoms with Crippen molar-refractivity contribution < 1.29 is 14.2 Å². The Hall–Kier alpha value is -1.10. The quantitative estimate of drug-likeness (QED) is 0.193. The van der Waals surface area contributed by atoms with Crippen LogP contribution in [-0.2, 0) is 16.0 Å². The molecule has 0 bridgehead atoms. The van der Waals surface area contributed by atoms with Crippen LogP contribution in [0.2, 0.25) is 0 Å². The summed E-state index contributed by atoms with van der Waals surface area (Å²) in [6, 6.07) is 6.37.